The van der Waals surface area contributed by atoms with E-state index >= 15 is 0 Å². The quantitative estimate of drug-likeness (QED) is 0.400. The Balaban J connectivity index is 1.26. The summed E-state index contributed by atoms with van der Waals surface area (Å²) in [7, 11) is -2.27. The number of ether oxygens (including phenoxy) is 1. The van der Waals surface area contributed by atoms with Gasteiger partial charge in [0.1, 0.15) is 6.04 Å². The van der Waals surface area contributed by atoms with Gasteiger partial charge in [0.15, 0.2) is 0 Å². The molecule has 4 rings (SSSR count). The molecule has 1 aromatic rings. The zero-order chi connectivity index (χ0) is 28.7. The zero-order valence-corrected chi connectivity index (χ0v) is 25.2. The van der Waals surface area contributed by atoms with Gasteiger partial charge in [0.2, 0.25) is 27.7 Å². The Bertz CT molecular complexity index is 1180. The summed E-state index contributed by atoms with van der Waals surface area (Å²) in [6, 6.07) is 2.56. The second kappa shape index (κ2) is 14.2. The molecule has 0 aromatic carbocycles. The average molecular weight is 616 g/mol. The number of hydrogen-bond donors (Lipinski definition) is 1. The fraction of sp³-hybridized carbons (Fsp3) is 0.654. The molecule has 3 amide bonds. The highest BCUT2D eigenvalue weighted by Gasteiger charge is 2.36. The number of halogens is 1. The number of thiophene rings is 1. The van der Waals surface area contributed by atoms with E-state index in [1.54, 1.807) is 19.2 Å². The van der Waals surface area contributed by atoms with Crippen molar-refractivity contribution in [1.82, 2.24) is 24.3 Å². The Kier molecular flexibility index (Phi) is 11.0. The molecule has 0 spiro atoms. The Hall–Kier alpha value is -2.03. The van der Waals surface area contributed by atoms with Gasteiger partial charge in [-0.15, -0.1) is 11.3 Å². The molecule has 14 heteroatoms. The number of carbonyl (C=O) groups excluding carboxylic acids is 3. The van der Waals surface area contributed by atoms with Gasteiger partial charge in [0, 0.05) is 69.3 Å². The monoisotopic (exact) mass is 615 g/mol. The molecule has 0 saturated carbocycles. The van der Waals surface area contributed by atoms with E-state index in [-0.39, 0.29) is 30.3 Å². The minimum Gasteiger partial charge on any atom is -0.384 e. The van der Waals surface area contributed by atoms with E-state index in [1.165, 1.54) is 22.3 Å². The van der Waals surface area contributed by atoms with Crippen molar-refractivity contribution in [2.45, 2.75) is 44.2 Å². The molecule has 0 aliphatic carbocycles. The summed E-state index contributed by atoms with van der Waals surface area (Å²) in [4.78, 5) is 46.9. The first-order valence-electron chi connectivity index (χ1n) is 13.7. The van der Waals surface area contributed by atoms with Crippen LogP contribution in [0.2, 0.25) is 4.34 Å². The molecule has 3 saturated heterocycles. The molecule has 222 valence electrons. The molecule has 3 fully saturated rings. The predicted octanol–water partition coefficient (Wildman–Crippen LogP) is 1.45. The van der Waals surface area contributed by atoms with E-state index in [4.69, 9.17) is 16.3 Å². The lowest BCUT2D eigenvalue weighted by Crippen LogP contribution is -2.56. The van der Waals surface area contributed by atoms with Crippen LogP contribution in [0.3, 0.4) is 0 Å². The van der Waals surface area contributed by atoms with Crippen LogP contribution in [0.5, 0.6) is 0 Å². The van der Waals surface area contributed by atoms with Crippen LogP contribution in [0, 0.1) is 0 Å². The number of nitrogens with one attached hydrogen (secondary N) is 1. The van der Waals surface area contributed by atoms with Gasteiger partial charge in [-0.2, -0.15) is 4.72 Å². The number of methoxy groups -OCH3 is 1. The first-order valence-corrected chi connectivity index (χ1v) is 16.4. The number of sulfonamides is 1. The van der Waals surface area contributed by atoms with Crippen molar-refractivity contribution in [2.24, 2.45) is 0 Å². The van der Waals surface area contributed by atoms with Crippen molar-refractivity contribution in [3.8, 4) is 0 Å². The molecular weight excluding hydrogens is 578 g/mol. The smallest absolute Gasteiger partial charge is 0.242 e. The maximum atomic E-state index is 13.3. The van der Waals surface area contributed by atoms with E-state index in [0.29, 0.717) is 61.3 Å². The van der Waals surface area contributed by atoms with Crippen LogP contribution < -0.4 is 4.72 Å². The topological polar surface area (TPSA) is 120 Å². The fourth-order valence-electron chi connectivity index (χ4n) is 5.45. The van der Waals surface area contributed by atoms with Crippen molar-refractivity contribution < 1.29 is 27.5 Å². The number of piperazine rings is 1. The van der Waals surface area contributed by atoms with Crippen molar-refractivity contribution in [1.29, 1.82) is 0 Å². The second-order valence-electron chi connectivity index (χ2n) is 10.4. The molecule has 4 heterocycles. The summed E-state index contributed by atoms with van der Waals surface area (Å²) in [6.07, 6.45) is 4.63. The van der Waals surface area contributed by atoms with Crippen LogP contribution in [0.15, 0.2) is 17.5 Å². The van der Waals surface area contributed by atoms with Gasteiger partial charge in [0.25, 0.3) is 0 Å². The lowest BCUT2D eigenvalue weighted by Gasteiger charge is -2.38. The van der Waals surface area contributed by atoms with Crippen LogP contribution in [0.25, 0.3) is 6.08 Å². The normalized spacial score (nSPS) is 22.9. The van der Waals surface area contributed by atoms with E-state index in [1.807, 2.05) is 9.80 Å². The molecule has 40 heavy (non-hydrogen) atoms. The number of rotatable bonds is 11. The fourth-order valence-corrected chi connectivity index (χ4v) is 7.52. The van der Waals surface area contributed by atoms with Crippen molar-refractivity contribution in [2.75, 3.05) is 66.1 Å². The molecule has 0 bridgehead atoms. The van der Waals surface area contributed by atoms with Crippen LogP contribution in [0.1, 0.15) is 37.0 Å². The van der Waals surface area contributed by atoms with Gasteiger partial charge in [-0.25, -0.2) is 8.42 Å². The third-order valence-corrected chi connectivity index (χ3v) is 9.88. The predicted molar refractivity (Wildman–Crippen MR) is 154 cm³/mol. The second-order valence-corrected chi connectivity index (χ2v) is 13.7. The summed E-state index contributed by atoms with van der Waals surface area (Å²) < 4.78 is 33.2. The van der Waals surface area contributed by atoms with Crippen molar-refractivity contribution in [3.05, 3.63) is 26.8 Å². The maximum absolute atomic E-state index is 13.3. The summed E-state index contributed by atoms with van der Waals surface area (Å²) in [5.41, 5.74) is 0. The van der Waals surface area contributed by atoms with Crippen LogP contribution in [-0.2, 0) is 29.1 Å². The van der Waals surface area contributed by atoms with E-state index in [0.717, 1.165) is 37.9 Å². The van der Waals surface area contributed by atoms with Gasteiger partial charge in [-0.05, 0) is 43.9 Å². The number of piperidine rings is 1. The van der Waals surface area contributed by atoms with Crippen LogP contribution >= 0.6 is 22.9 Å². The molecular formula is C26H38ClN5O6S2. The van der Waals surface area contributed by atoms with E-state index in [2.05, 4.69) is 9.62 Å². The van der Waals surface area contributed by atoms with Gasteiger partial charge >= 0.3 is 0 Å². The average Bonchev–Trinajstić information content (AvgIpc) is 3.57. The summed E-state index contributed by atoms with van der Waals surface area (Å²) in [5, 5.41) is 1.04. The highest BCUT2D eigenvalue weighted by atomic mass is 35.5. The molecule has 1 N–H and O–H groups in total. The number of nitrogens with zero attached hydrogens (tertiary/aromatic N) is 4. The maximum Gasteiger partial charge on any atom is 0.242 e. The van der Waals surface area contributed by atoms with Crippen LogP contribution in [-0.4, -0.2) is 124 Å². The van der Waals surface area contributed by atoms with Crippen molar-refractivity contribution >= 4 is 56.8 Å². The van der Waals surface area contributed by atoms with Gasteiger partial charge < -0.3 is 19.4 Å². The number of carbonyl (C=O) groups is 3. The molecule has 3 aliphatic heterocycles. The highest BCUT2D eigenvalue weighted by Crippen LogP contribution is 2.23. The molecule has 2 atom stereocenters. The van der Waals surface area contributed by atoms with Crippen LogP contribution in [0.4, 0.5) is 0 Å². The molecule has 3 aliphatic rings. The van der Waals surface area contributed by atoms with E-state index in [9.17, 15) is 22.8 Å². The molecule has 1 aromatic heterocycles. The highest BCUT2D eigenvalue weighted by molar-refractivity contribution is 7.92. The Labute approximate surface area is 245 Å². The lowest BCUT2D eigenvalue weighted by atomic mass is 10.1. The van der Waals surface area contributed by atoms with Gasteiger partial charge in [-0.3, -0.25) is 19.3 Å². The third-order valence-electron chi connectivity index (χ3n) is 7.58. The number of hydrogen-bond acceptors (Lipinski definition) is 8. The van der Waals surface area contributed by atoms with Gasteiger partial charge in [0.05, 0.1) is 23.9 Å². The SMILES string of the molecule is COCCC(=O)N1CCN(CC2CCCN2C(=O)CN2CCCC(NS(=O)(=O)/C=C/c3ccc(Cl)s3)C2=O)CC1. The Morgan fingerprint density at radius 2 is 1.85 bits per heavy atom. The summed E-state index contributed by atoms with van der Waals surface area (Å²) in [6.45, 7) is 5.03. The number of likely N-dealkylation sites (tertiary alicyclic amines) is 2. The molecule has 11 nitrogen and oxygen atoms in total. The first-order chi connectivity index (χ1) is 19.1. The largest absolute Gasteiger partial charge is 0.384 e. The number of amides is 3. The summed E-state index contributed by atoms with van der Waals surface area (Å²) >= 11 is 7.15. The van der Waals surface area contributed by atoms with Gasteiger partial charge in [-0.1, -0.05) is 11.6 Å². The zero-order valence-electron chi connectivity index (χ0n) is 22.8. The lowest BCUT2D eigenvalue weighted by molar-refractivity contribution is -0.143. The van der Waals surface area contributed by atoms with Crippen molar-refractivity contribution in [3.63, 3.8) is 0 Å². The molecule has 2 unspecified atom stereocenters. The molecule has 0 radical (unpaired) electrons. The summed E-state index contributed by atoms with van der Waals surface area (Å²) in [5.74, 6) is -0.377. The minimum atomic E-state index is -3.86. The first kappa shape index (κ1) is 30.9. The Morgan fingerprint density at radius 3 is 2.55 bits per heavy atom. The Morgan fingerprint density at radius 1 is 1.10 bits per heavy atom. The third kappa shape index (κ3) is 8.49. The van der Waals surface area contributed by atoms with E-state index < -0.39 is 16.1 Å². The standard InChI is InChI=1S/C26H38ClN5O6S2/c1-38-16-8-24(33)30-14-12-29(13-15-30)18-20-4-2-11-32(20)25(34)19-31-10-3-5-22(26(31)35)28-40(36,37)17-9-21-6-7-23(27)39-21/h6-7,9,17,20,22,28H,2-5,8,10-16,18-19H2,1H3/b17-9+. The minimum absolute atomic E-state index is 0.0567.